The molecular weight excluding hydrogens is 354 g/mol. The lowest BCUT2D eigenvalue weighted by atomic mass is 9.95. The van der Waals surface area contributed by atoms with Crippen molar-refractivity contribution in [3.8, 4) is 6.07 Å². The summed E-state index contributed by atoms with van der Waals surface area (Å²) in [5.41, 5.74) is 1.50. The molecule has 6 nitrogen and oxygen atoms in total. The normalized spacial score (nSPS) is 14.4. The Hall–Kier alpha value is -2.81. The zero-order chi connectivity index (χ0) is 20.5. The molecular formula is C22H29N3O3. The summed E-state index contributed by atoms with van der Waals surface area (Å²) < 4.78 is 5.28. The number of nitrogens with zero attached hydrogens (tertiary/aromatic N) is 3. The molecule has 1 aromatic carbocycles. The van der Waals surface area contributed by atoms with Crippen LogP contribution in [0.4, 0.5) is 4.79 Å². The van der Waals surface area contributed by atoms with Crippen LogP contribution in [-0.2, 0) is 16.1 Å². The fourth-order valence-electron chi connectivity index (χ4n) is 3.24. The van der Waals surface area contributed by atoms with Crippen molar-refractivity contribution in [2.75, 3.05) is 26.2 Å². The van der Waals surface area contributed by atoms with Crippen LogP contribution in [0.15, 0.2) is 36.9 Å². The molecule has 1 aliphatic heterocycles. The minimum Gasteiger partial charge on any atom is -0.449 e. The summed E-state index contributed by atoms with van der Waals surface area (Å²) in [6.45, 7) is 10.1. The summed E-state index contributed by atoms with van der Waals surface area (Å²) in [7, 11) is 0. The van der Waals surface area contributed by atoms with Crippen LogP contribution >= 0.6 is 0 Å². The van der Waals surface area contributed by atoms with Crippen LogP contribution in [0.3, 0.4) is 0 Å². The van der Waals surface area contributed by atoms with E-state index >= 15 is 0 Å². The highest BCUT2D eigenvalue weighted by Gasteiger charge is 2.30. The first-order valence-electron chi connectivity index (χ1n) is 9.75. The van der Waals surface area contributed by atoms with E-state index in [1.165, 1.54) is 0 Å². The van der Waals surface area contributed by atoms with E-state index in [0.29, 0.717) is 57.1 Å². The van der Waals surface area contributed by atoms with Gasteiger partial charge >= 0.3 is 6.09 Å². The number of rotatable bonds is 7. The number of piperidine rings is 1. The van der Waals surface area contributed by atoms with Gasteiger partial charge in [-0.15, -0.1) is 6.58 Å². The lowest BCUT2D eigenvalue weighted by molar-refractivity contribution is -0.137. The predicted octanol–water partition coefficient (Wildman–Crippen LogP) is 3.58. The number of carbonyl (C=O) groups is 2. The van der Waals surface area contributed by atoms with Crippen LogP contribution in [0.2, 0.25) is 0 Å². The molecule has 0 atom stereocenters. The number of hydrogen-bond acceptors (Lipinski definition) is 4. The number of amides is 2. The van der Waals surface area contributed by atoms with Crippen molar-refractivity contribution in [1.29, 1.82) is 5.26 Å². The van der Waals surface area contributed by atoms with Crippen molar-refractivity contribution in [3.05, 3.63) is 48.0 Å². The molecule has 0 saturated carbocycles. The largest absolute Gasteiger partial charge is 0.449 e. The molecule has 0 spiro atoms. The fourth-order valence-corrected chi connectivity index (χ4v) is 3.24. The van der Waals surface area contributed by atoms with Gasteiger partial charge in [-0.3, -0.25) is 4.79 Å². The minimum absolute atomic E-state index is 0.0671. The van der Waals surface area contributed by atoms with Gasteiger partial charge in [0.05, 0.1) is 18.2 Å². The summed E-state index contributed by atoms with van der Waals surface area (Å²) in [6, 6.07) is 9.41. The average Bonchev–Trinajstić information content (AvgIpc) is 2.71. The molecule has 0 aromatic heterocycles. The topological polar surface area (TPSA) is 73.6 Å². The maximum Gasteiger partial charge on any atom is 0.409 e. The predicted molar refractivity (Wildman–Crippen MR) is 107 cm³/mol. The SMILES string of the molecule is C=CCN(Cc1cccc(C#N)c1)C(=O)C1CCN(C(=O)OCC(C)C)CC1. The summed E-state index contributed by atoms with van der Waals surface area (Å²) in [6.07, 6.45) is 2.67. The molecule has 1 fully saturated rings. The molecule has 2 rings (SSSR count). The van der Waals surface area contributed by atoms with Crippen molar-refractivity contribution in [2.45, 2.75) is 33.2 Å². The smallest absolute Gasteiger partial charge is 0.409 e. The zero-order valence-corrected chi connectivity index (χ0v) is 16.8. The quantitative estimate of drug-likeness (QED) is 0.675. The molecule has 0 bridgehead atoms. The number of hydrogen-bond donors (Lipinski definition) is 0. The molecule has 150 valence electrons. The third-order valence-corrected chi connectivity index (χ3v) is 4.73. The highest BCUT2D eigenvalue weighted by molar-refractivity contribution is 5.79. The summed E-state index contributed by atoms with van der Waals surface area (Å²) in [5, 5.41) is 9.06. The molecule has 0 unspecified atom stereocenters. The second-order valence-corrected chi connectivity index (χ2v) is 7.55. The van der Waals surface area contributed by atoms with Gasteiger partial charge in [0, 0.05) is 32.1 Å². The van der Waals surface area contributed by atoms with Gasteiger partial charge in [-0.1, -0.05) is 32.1 Å². The Labute approximate surface area is 167 Å². The van der Waals surface area contributed by atoms with E-state index in [9.17, 15) is 9.59 Å². The van der Waals surface area contributed by atoms with Gasteiger partial charge in [-0.2, -0.15) is 5.26 Å². The van der Waals surface area contributed by atoms with E-state index in [-0.39, 0.29) is 17.9 Å². The Kier molecular flexibility index (Phi) is 8.06. The standard InChI is InChI=1S/C22H29N3O3/c1-4-10-25(15-19-7-5-6-18(13-19)14-23)21(26)20-8-11-24(12-9-20)22(27)28-16-17(2)3/h4-7,13,17,20H,1,8-12,15-16H2,2-3H3. The van der Waals surface area contributed by atoms with E-state index < -0.39 is 0 Å². The third-order valence-electron chi connectivity index (χ3n) is 4.73. The van der Waals surface area contributed by atoms with Crippen molar-refractivity contribution in [2.24, 2.45) is 11.8 Å². The van der Waals surface area contributed by atoms with Gasteiger partial charge in [0.1, 0.15) is 0 Å². The zero-order valence-electron chi connectivity index (χ0n) is 16.8. The Bertz CT molecular complexity index is 731. The first kappa shape index (κ1) is 21.5. The van der Waals surface area contributed by atoms with E-state index in [0.717, 1.165) is 5.56 Å². The monoisotopic (exact) mass is 383 g/mol. The average molecular weight is 383 g/mol. The van der Waals surface area contributed by atoms with E-state index in [1.54, 1.807) is 28.0 Å². The van der Waals surface area contributed by atoms with E-state index in [2.05, 4.69) is 12.6 Å². The van der Waals surface area contributed by atoms with Crippen LogP contribution in [0.25, 0.3) is 0 Å². The van der Waals surface area contributed by atoms with Gasteiger partial charge in [0.2, 0.25) is 5.91 Å². The molecule has 28 heavy (non-hydrogen) atoms. The summed E-state index contributed by atoms with van der Waals surface area (Å²) >= 11 is 0. The van der Waals surface area contributed by atoms with Crippen LogP contribution in [0.1, 0.15) is 37.8 Å². The van der Waals surface area contributed by atoms with Crippen molar-refractivity contribution < 1.29 is 14.3 Å². The third kappa shape index (κ3) is 6.12. The molecule has 1 heterocycles. The molecule has 6 heteroatoms. The maximum atomic E-state index is 13.0. The Morgan fingerprint density at radius 1 is 1.39 bits per heavy atom. The van der Waals surface area contributed by atoms with Gasteiger partial charge < -0.3 is 14.5 Å². The number of likely N-dealkylation sites (tertiary alicyclic amines) is 1. The van der Waals surface area contributed by atoms with Gasteiger partial charge in [-0.25, -0.2) is 4.79 Å². The van der Waals surface area contributed by atoms with E-state index in [1.807, 2.05) is 26.0 Å². The number of nitriles is 1. The minimum atomic E-state index is -0.295. The fraction of sp³-hybridized carbons (Fsp3) is 0.500. The number of benzene rings is 1. The van der Waals surface area contributed by atoms with Crippen LogP contribution in [0.5, 0.6) is 0 Å². The first-order chi connectivity index (χ1) is 13.4. The molecule has 1 saturated heterocycles. The highest BCUT2D eigenvalue weighted by Crippen LogP contribution is 2.22. The van der Waals surface area contributed by atoms with Crippen molar-refractivity contribution >= 4 is 12.0 Å². The number of ether oxygens (including phenoxy) is 1. The second-order valence-electron chi connectivity index (χ2n) is 7.55. The second kappa shape index (κ2) is 10.5. The molecule has 0 N–H and O–H groups in total. The molecule has 2 amide bonds. The van der Waals surface area contributed by atoms with Crippen LogP contribution in [-0.4, -0.2) is 48.0 Å². The van der Waals surface area contributed by atoms with Gasteiger partial charge in [0.25, 0.3) is 0 Å². The summed E-state index contributed by atoms with van der Waals surface area (Å²) in [4.78, 5) is 28.5. The first-order valence-corrected chi connectivity index (χ1v) is 9.75. The maximum absolute atomic E-state index is 13.0. The van der Waals surface area contributed by atoms with Crippen LogP contribution in [0, 0.1) is 23.2 Å². The Morgan fingerprint density at radius 2 is 2.11 bits per heavy atom. The van der Waals surface area contributed by atoms with Crippen LogP contribution < -0.4 is 0 Å². The summed E-state index contributed by atoms with van der Waals surface area (Å²) in [5.74, 6) is 0.251. The van der Waals surface area contributed by atoms with Gasteiger partial charge in [-0.05, 0) is 36.5 Å². The number of carbonyl (C=O) groups excluding carboxylic acids is 2. The van der Waals surface area contributed by atoms with Gasteiger partial charge in [0.15, 0.2) is 0 Å². The molecule has 0 aliphatic carbocycles. The molecule has 0 radical (unpaired) electrons. The lowest BCUT2D eigenvalue weighted by Gasteiger charge is -2.33. The molecule has 1 aliphatic rings. The molecule has 1 aromatic rings. The lowest BCUT2D eigenvalue weighted by Crippen LogP contribution is -2.44. The van der Waals surface area contributed by atoms with Crippen molar-refractivity contribution in [3.63, 3.8) is 0 Å². The Balaban J connectivity index is 1.94. The van der Waals surface area contributed by atoms with Crippen molar-refractivity contribution in [1.82, 2.24) is 9.80 Å². The van der Waals surface area contributed by atoms with E-state index in [4.69, 9.17) is 10.00 Å². The highest BCUT2D eigenvalue weighted by atomic mass is 16.6. The Morgan fingerprint density at radius 3 is 2.71 bits per heavy atom.